The number of benzene rings is 1. The first-order chi connectivity index (χ1) is 7.69. The Labute approximate surface area is 100 Å². The van der Waals surface area contributed by atoms with Crippen LogP contribution in [0.15, 0.2) is 24.3 Å². The van der Waals surface area contributed by atoms with Gasteiger partial charge in [-0.15, -0.1) is 0 Å². The number of hydrogen-bond donors (Lipinski definition) is 1. The first-order valence-electron chi connectivity index (χ1n) is 6.49. The first-order valence-corrected chi connectivity index (χ1v) is 6.49. The Kier molecular flexibility index (Phi) is 5.54. The van der Waals surface area contributed by atoms with Crippen LogP contribution in [-0.4, -0.2) is 6.54 Å². The number of hydrogen-bond acceptors (Lipinski definition) is 1. The Morgan fingerprint density at radius 2 is 1.75 bits per heavy atom. The van der Waals surface area contributed by atoms with Gasteiger partial charge in [0, 0.05) is 6.04 Å². The summed E-state index contributed by atoms with van der Waals surface area (Å²) < 4.78 is 0. The van der Waals surface area contributed by atoms with E-state index in [2.05, 4.69) is 57.3 Å². The van der Waals surface area contributed by atoms with Crippen molar-refractivity contribution >= 4 is 0 Å². The molecule has 0 heterocycles. The van der Waals surface area contributed by atoms with Crippen LogP contribution in [0.25, 0.3) is 0 Å². The third kappa shape index (κ3) is 3.64. The van der Waals surface area contributed by atoms with Gasteiger partial charge in [-0.05, 0) is 31.4 Å². The minimum Gasteiger partial charge on any atom is -0.310 e. The van der Waals surface area contributed by atoms with E-state index in [1.54, 1.807) is 0 Å². The summed E-state index contributed by atoms with van der Waals surface area (Å²) in [5.41, 5.74) is 2.76. The van der Waals surface area contributed by atoms with Crippen molar-refractivity contribution in [1.29, 1.82) is 0 Å². The molecule has 0 aliphatic carbocycles. The summed E-state index contributed by atoms with van der Waals surface area (Å²) in [4.78, 5) is 0. The fourth-order valence-corrected chi connectivity index (χ4v) is 1.96. The zero-order chi connectivity index (χ0) is 12.0. The van der Waals surface area contributed by atoms with E-state index < -0.39 is 0 Å². The lowest BCUT2D eigenvalue weighted by atomic mass is 9.92. The van der Waals surface area contributed by atoms with Gasteiger partial charge in [-0.1, -0.05) is 57.0 Å². The van der Waals surface area contributed by atoms with Gasteiger partial charge in [0.2, 0.25) is 0 Å². The largest absolute Gasteiger partial charge is 0.310 e. The second kappa shape index (κ2) is 6.70. The quantitative estimate of drug-likeness (QED) is 0.760. The third-order valence-corrected chi connectivity index (χ3v) is 3.26. The molecule has 2 unspecified atom stereocenters. The molecule has 0 saturated carbocycles. The summed E-state index contributed by atoms with van der Waals surface area (Å²) in [5, 5.41) is 3.66. The highest BCUT2D eigenvalue weighted by atomic mass is 14.9. The molecular weight excluding hydrogens is 194 g/mol. The van der Waals surface area contributed by atoms with Gasteiger partial charge in [0.15, 0.2) is 0 Å². The molecule has 90 valence electrons. The van der Waals surface area contributed by atoms with E-state index in [1.807, 2.05) is 0 Å². The monoisotopic (exact) mass is 219 g/mol. The van der Waals surface area contributed by atoms with Crippen molar-refractivity contribution in [1.82, 2.24) is 5.32 Å². The van der Waals surface area contributed by atoms with Crippen LogP contribution in [0.2, 0.25) is 0 Å². The van der Waals surface area contributed by atoms with Crippen molar-refractivity contribution in [2.75, 3.05) is 6.54 Å². The second-order valence-corrected chi connectivity index (χ2v) is 4.73. The van der Waals surface area contributed by atoms with Crippen LogP contribution in [0, 0.1) is 12.8 Å². The number of rotatable bonds is 6. The molecule has 1 N–H and O–H groups in total. The summed E-state index contributed by atoms with van der Waals surface area (Å²) in [7, 11) is 0. The molecule has 0 fully saturated rings. The van der Waals surface area contributed by atoms with E-state index in [1.165, 1.54) is 24.0 Å². The predicted molar refractivity (Wildman–Crippen MR) is 71.7 cm³/mol. The Morgan fingerprint density at radius 1 is 1.12 bits per heavy atom. The SMILES string of the molecule is CCCNC(c1ccc(C)cc1)C(C)CC. The van der Waals surface area contributed by atoms with Gasteiger partial charge in [-0.2, -0.15) is 0 Å². The van der Waals surface area contributed by atoms with Crippen LogP contribution < -0.4 is 5.32 Å². The van der Waals surface area contributed by atoms with Gasteiger partial charge in [0.25, 0.3) is 0 Å². The Morgan fingerprint density at radius 3 is 2.25 bits per heavy atom. The standard InChI is InChI=1S/C15H25N/c1-5-11-16-15(13(4)6-2)14-9-7-12(3)8-10-14/h7-10,13,15-16H,5-6,11H2,1-4H3. The molecule has 0 amide bonds. The molecule has 1 heteroatoms. The minimum atomic E-state index is 0.505. The minimum absolute atomic E-state index is 0.505. The highest BCUT2D eigenvalue weighted by Gasteiger charge is 2.16. The lowest BCUT2D eigenvalue weighted by molar-refractivity contribution is 0.377. The van der Waals surface area contributed by atoms with Gasteiger partial charge < -0.3 is 5.32 Å². The second-order valence-electron chi connectivity index (χ2n) is 4.73. The first kappa shape index (κ1) is 13.2. The Hall–Kier alpha value is -0.820. The zero-order valence-corrected chi connectivity index (χ0v) is 11.1. The lowest BCUT2D eigenvalue weighted by Crippen LogP contribution is -2.27. The van der Waals surface area contributed by atoms with Gasteiger partial charge in [-0.25, -0.2) is 0 Å². The topological polar surface area (TPSA) is 12.0 Å². The maximum Gasteiger partial charge on any atom is 0.0345 e. The summed E-state index contributed by atoms with van der Waals surface area (Å²) >= 11 is 0. The van der Waals surface area contributed by atoms with Crippen LogP contribution >= 0.6 is 0 Å². The summed E-state index contributed by atoms with van der Waals surface area (Å²) in [6, 6.07) is 9.44. The van der Waals surface area contributed by atoms with Gasteiger partial charge in [0.05, 0.1) is 0 Å². The third-order valence-electron chi connectivity index (χ3n) is 3.26. The van der Waals surface area contributed by atoms with Crippen LogP contribution in [0.3, 0.4) is 0 Å². The van der Waals surface area contributed by atoms with Crippen LogP contribution in [0.4, 0.5) is 0 Å². The van der Waals surface area contributed by atoms with Crippen molar-refractivity contribution < 1.29 is 0 Å². The normalized spacial score (nSPS) is 14.8. The van der Waals surface area contributed by atoms with Crippen molar-refractivity contribution in [3.8, 4) is 0 Å². The van der Waals surface area contributed by atoms with Crippen LogP contribution in [0.1, 0.15) is 50.8 Å². The molecule has 0 saturated heterocycles. The number of aryl methyl sites for hydroxylation is 1. The molecule has 0 aliphatic rings. The van der Waals surface area contributed by atoms with E-state index in [4.69, 9.17) is 0 Å². The van der Waals surface area contributed by atoms with E-state index in [9.17, 15) is 0 Å². The predicted octanol–water partition coefficient (Wildman–Crippen LogP) is 4.08. The molecule has 0 spiro atoms. The highest BCUT2D eigenvalue weighted by Crippen LogP contribution is 2.24. The van der Waals surface area contributed by atoms with E-state index >= 15 is 0 Å². The average molecular weight is 219 g/mol. The summed E-state index contributed by atoms with van der Waals surface area (Å²) in [6.45, 7) is 10.0. The molecule has 0 aliphatic heterocycles. The fourth-order valence-electron chi connectivity index (χ4n) is 1.96. The van der Waals surface area contributed by atoms with Gasteiger partial charge in [0.1, 0.15) is 0 Å². The molecule has 2 atom stereocenters. The number of nitrogens with one attached hydrogen (secondary N) is 1. The maximum atomic E-state index is 3.66. The average Bonchev–Trinajstić information content (AvgIpc) is 2.31. The highest BCUT2D eigenvalue weighted by molar-refractivity contribution is 5.24. The molecule has 16 heavy (non-hydrogen) atoms. The van der Waals surface area contributed by atoms with E-state index in [0.29, 0.717) is 12.0 Å². The molecule has 0 radical (unpaired) electrons. The smallest absolute Gasteiger partial charge is 0.0345 e. The van der Waals surface area contributed by atoms with Crippen molar-refractivity contribution in [3.05, 3.63) is 35.4 Å². The van der Waals surface area contributed by atoms with E-state index in [-0.39, 0.29) is 0 Å². The van der Waals surface area contributed by atoms with Crippen LogP contribution in [0.5, 0.6) is 0 Å². The zero-order valence-electron chi connectivity index (χ0n) is 11.1. The van der Waals surface area contributed by atoms with Crippen molar-refractivity contribution in [2.45, 2.75) is 46.6 Å². The molecule has 0 aromatic heterocycles. The molecular formula is C15H25N. The Bertz CT molecular complexity index is 289. The van der Waals surface area contributed by atoms with Gasteiger partial charge in [-0.3, -0.25) is 0 Å². The van der Waals surface area contributed by atoms with Crippen LogP contribution in [-0.2, 0) is 0 Å². The van der Waals surface area contributed by atoms with Gasteiger partial charge >= 0.3 is 0 Å². The fraction of sp³-hybridized carbons (Fsp3) is 0.600. The van der Waals surface area contributed by atoms with Crippen molar-refractivity contribution in [3.63, 3.8) is 0 Å². The molecule has 0 bridgehead atoms. The summed E-state index contributed by atoms with van der Waals surface area (Å²) in [5.74, 6) is 0.689. The lowest BCUT2D eigenvalue weighted by Gasteiger charge is -2.25. The molecule has 1 aromatic carbocycles. The van der Waals surface area contributed by atoms with Crippen molar-refractivity contribution in [2.24, 2.45) is 5.92 Å². The molecule has 1 nitrogen and oxygen atoms in total. The molecule has 1 aromatic rings. The maximum absolute atomic E-state index is 3.66. The van der Waals surface area contributed by atoms with E-state index in [0.717, 1.165) is 6.54 Å². The Balaban J connectivity index is 2.78. The summed E-state index contributed by atoms with van der Waals surface area (Å²) in [6.07, 6.45) is 2.41. The molecule has 1 rings (SSSR count).